The number of oxazole rings is 1. The minimum absolute atomic E-state index is 0.170. The third-order valence-electron chi connectivity index (χ3n) is 3.30. The number of carbonyl (C=O) groups excluding carboxylic acids is 1. The molecule has 3 aromatic rings. The Morgan fingerprint density at radius 1 is 1.04 bits per heavy atom. The molecule has 0 fully saturated rings. The topological polar surface area (TPSA) is 55.1 Å². The third-order valence-corrected chi connectivity index (χ3v) is 4.41. The molecule has 0 atom stereocenters. The van der Waals surface area contributed by atoms with Gasteiger partial charge in [-0.05, 0) is 29.8 Å². The predicted octanol–water partition coefficient (Wildman–Crippen LogP) is 5.23. The summed E-state index contributed by atoms with van der Waals surface area (Å²) in [4.78, 5) is 16.3. The summed E-state index contributed by atoms with van der Waals surface area (Å²) in [5, 5.41) is 4.16. The lowest BCUT2D eigenvalue weighted by Crippen LogP contribution is -2.23. The fourth-order valence-electron chi connectivity index (χ4n) is 2.05. The molecule has 0 saturated carbocycles. The number of hydrogen-bond acceptors (Lipinski definition) is 3. The Labute approximate surface area is 153 Å². The van der Waals surface area contributed by atoms with Crippen LogP contribution in [-0.2, 0) is 6.54 Å². The van der Waals surface area contributed by atoms with E-state index in [2.05, 4.69) is 10.3 Å². The van der Waals surface area contributed by atoms with E-state index >= 15 is 0 Å². The number of halogens is 3. The molecule has 1 aromatic heterocycles. The van der Waals surface area contributed by atoms with Gasteiger partial charge in [0.1, 0.15) is 6.26 Å². The summed E-state index contributed by atoms with van der Waals surface area (Å²) >= 11 is 17.9. The molecule has 0 aliphatic rings. The largest absolute Gasteiger partial charge is 0.444 e. The van der Waals surface area contributed by atoms with Crippen molar-refractivity contribution in [3.05, 3.63) is 75.1 Å². The van der Waals surface area contributed by atoms with Gasteiger partial charge < -0.3 is 9.73 Å². The molecule has 1 N–H and O–H groups in total. The van der Waals surface area contributed by atoms with Gasteiger partial charge in [-0.1, -0.05) is 53.0 Å². The molecule has 0 unspecified atom stereocenters. The van der Waals surface area contributed by atoms with Crippen LogP contribution < -0.4 is 5.32 Å². The Bertz CT molecular complexity index is 893. The van der Waals surface area contributed by atoms with Gasteiger partial charge in [-0.3, -0.25) is 4.79 Å². The fraction of sp³-hybridized carbons (Fsp3) is 0.0588. The highest BCUT2D eigenvalue weighted by Crippen LogP contribution is 2.28. The van der Waals surface area contributed by atoms with E-state index in [0.717, 1.165) is 5.56 Å². The smallest absolute Gasteiger partial charge is 0.273 e. The fourth-order valence-corrected chi connectivity index (χ4v) is 2.55. The standard InChI is InChI=1S/C17H11Cl3N2O2/c18-12-4-2-1-3-11(12)8-21-16(23)15-9-24-17(22-15)10-5-6-13(19)14(20)7-10/h1-7,9H,8H2,(H,21,23). The predicted molar refractivity (Wildman–Crippen MR) is 94.6 cm³/mol. The minimum atomic E-state index is -0.356. The third kappa shape index (κ3) is 3.73. The van der Waals surface area contributed by atoms with Crippen LogP contribution in [0.1, 0.15) is 16.1 Å². The van der Waals surface area contributed by atoms with Crippen molar-refractivity contribution in [1.29, 1.82) is 0 Å². The monoisotopic (exact) mass is 380 g/mol. The number of amides is 1. The Balaban J connectivity index is 1.72. The number of carbonyl (C=O) groups is 1. The molecule has 1 heterocycles. The summed E-state index contributed by atoms with van der Waals surface area (Å²) in [6.07, 6.45) is 1.29. The van der Waals surface area contributed by atoms with Crippen LogP contribution >= 0.6 is 34.8 Å². The van der Waals surface area contributed by atoms with Crippen LogP contribution in [0.3, 0.4) is 0 Å². The molecule has 2 aromatic carbocycles. The van der Waals surface area contributed by atoms with E-state index in [9.17, 15) is 4.79 Å². The zero-order chi connectivity index (χ0) is 17.1. The normalized spacial score (nSPS) is 10.6. The Morgan fingerprint density at radius 2 is 1.83 bits per heavy atom. The first-order chi connectivity index (χ1) is 11.5. The SMILES string of the molecule is O=C(NCc1ccccc1Cl)c1coc(-c2ccc(Cl)c(Cl)c2)n1. The van der Waals surface area contributed by atoms with Gasteiger partial charge in [0.05, 0.1) is 10.0 Å². The average molecular weight is 382 g/mol. The van der Waals surface area contributed by atoms with Crippen LogP contribution in [0, 0.1) is 0 Å². The first-order valence-corrected chi connectivity index (χ1v) is 8.10. The van der Waals surface area contributed by atoms with E-state index < -0.39 is 0 Å². The molecule has 0 aliphatic carbocycles. The van der Waals surface area contributed by atoms with Crippen LogP contribution in [-0.4, -0.2) is 10.9 Å². The summed E-state index contributed by atoms with van der Waals surface area (Å²) in [6.45, 7) is 0.299. The van der Waals surface area contributed by atoms with Gasteiger partial charge in [-0.2, -0.15) is 0 Å². The van der Waals surface area contributed by atoms with Crippen LogP contribution in [0.2, 0.25) is 15.1 Å². The van der Waals surface area contributed by atoms with Crippen molar-refractivity contribution in [3.8, 4) is 11.5 Å². The van der Waals surface area contributed by atoms with E-state index in [1.165, 1.54) is 6.26 Å². The molecule has 0 radical (unpaired) electrons. The van der Waals surface area contributed by atoms with E-state index in [1.54, 1.807) is 24.3 Å². The maximum atomic E-state index is 12.2. The van der Waals surface area contributed by atoms with Crippen molar-refractivity contribution in [1.82, 2.24) is 10.3 Å². The van der Waals surface area contributed by atoms with Crippen LogP contribution in [0.25, 0.3) is 11.5 Å². The second-order valence-corrected chi connectivity index (χ2v) is 6.16. The van der Waals surface area contributed by atoms with Gasteiger partial charge in [-0.15, -0.1) is 0 Å². The van der Waals surface area contributed by atoms with E-state index in [0.29, 0.717) is 27.2 Å². The molecule has 0 spiro atoms. The Morgan fingerprint density at radius 3 is 2.58 bits per heavy atom. The molecule has 7 heteroatoms. The molecule has 0 saturated heterocycles. The summed E-state index contributed by atoms with van der Waals surface area (Å²) < 4.78 is 5.34. The van der Waals surface area contributed by atoms with Crippen molar-refractivity contribution in [2.75, 3.05) is 0 Å². The molecular formula is C17H11Cl3N2O2. The summed E-state index contributed by atoms with van der Waals surface area (Å²) in [5.74, 6) is -0.0681. The van der Waals surface area contributed by atoms with Crippen LogP contribution in [0.4, 0.5) is 0 Å². The molecule has 24 heavy (non-hydrogen) atoms. The zero-order valence-electron chi connectivity index (χ0n) is 12.2. The van der Waals surface area contributed by atoms with E-state index in [1.807, 2.05) is 18.2 Å². The highest BCUT2D eigenvalue weighted by Gasteiger charge is 2.14. The Hall–Kier alpha value is -2.01. The molecule has 0 aliphatic heterocycles. The van der Waals surface area contributed by atoms with Crippen molar-refractivity contribution in [2.45, 2.75) is 6.54 Å². The summed E-state index contributed by atoms with van der Waals surface area (Å²) in [7, 11) is 0. The van der Waals surface area contributed by atoms with Gasteiger partial charge in [0.25, 0.3) is 5.91 Å². The van der Waals surface area contributed by atoms with Crippen molar-refractivity contribution >= 4 is 40.7 Å². The summed E-state index contributed by atoms with van der Waals surface area (Å²) in [5.41, 5.74) is 1.62. The molecule has 122 valence electrons. The second-order valence-electron chi connectivity index (χ2n) is 4.94. The maximum Gasteiger partial charge on any atom is 0.273 e. The molecule has 4 nitrogen and oxygen atoms in total. The van der Waals surface area contributed by atoms with Crippen molar-refractivity contribution in [3.63, 3.8) is 0 Å². The van der Waals surface area contributed by atoms with E-state index in [-0.39, 0.29) is 17.5 Å². The molecule has 0 bridgehead atoms. The molecule has 1 amide bonds. The van der Waals surface area contributed by atoms with Gasteiger partial charge in [-0.25, -0.2) is 4.98 Å². The number of hydrogen-bond donors (Lipinski definition) is 1. The van der Waals surface area contributed by atoms with Crippen LogP contribution in [0.5, 0.6) is 0 Å². The minimum Gasteiger partial charge on any atom is -0.444 e. The lowest BCUT2D eigenvalue weighted by molar-refractivity contribution is 0.0946. The second kappa shape index (κ2) is 7.26. The molecular weight excluding hydrogens is 371 g/mol. The number of nitrogens with one attached hydrogen (secondary N) is 1. The first kappa shape index (κ1) is 16.8. The Kier molecular flexibility index (Phi) is 5.09. The lowest BCUT2D eigenvalue weighted by Gasteiger charge is -2.04. The van der Waals surface area contributed by atoms with E-state index in [4.69, 9.17) is 39.2 Å². The summed E-state index contributed by atoms with van der Waals surface area (Å²) in [6, 6.07) is 12.3. The van der Waals surface area contributed by atoms with Crippen molar-refractivity contribution in [2.24, 2.45) is 0 Å². The van der Waals surface area contributed by atoms with Gasteiger partial charge in [0.2, 0.25) is 5.89 Å². The highest BCUT2D eigenvalue weighted by molar-refractivity contribution is 6.42. The maximum absolute atomic E-state index is 12.2. The number of rotatable bonds is 4. The number of aromatic nitrogens is 1. The first-order valence-electron chi connectivity index (χ1n) is 6.97. The number of nitrogens with zero attached hydrogens (tertiary/aromatic N) is 1. The van der Waals surface area contributed by atoms with Crippen LogP contribution in [0.15, 0.2) is 53.1 Å². The van der Waals surface area contributed by atoms with Crippen molar-refractivity contribution < 1.29 is 9.21 Å². The van der Waals surface area contributed by atoms with Gasteiger partial charge >= 0.3 is 0 Å². The van der Waals surface area contributed by atoms with Gasteiger partial charge in [0.15, 0.2) is 5.69 Å². The molecule has 3 rings (SSSR count). The van der Waals surface area contributed by atoms with Gasteiger partial charge in [0, 0.05) is 17.1 Å². The average Bonchev–Trinajstić information content (AvgIpc) is 3.06. The zero-order valence-corrected chi connectivity index (χ0v) is 14.5. The quantitative estimate of drug-likeness (QED) is 0.673. The lowest BCUT2D eigenvalue weighted by atomic mass is 10.2. The highest BCUT2D eigenvalue weighted by atomic mass is 35.5. The number of benzene rings is 2.